The maximum atomic E-state index is 11.8. The van der Waals surface area contributed by atoms with Crippen molar-refractivity contribution < 1.29 is 10.2 Å². The van der Waals surface area contributed by atoms with Crippen LogP contribution in [0.3, 0.4) is 0 Å². The lowest BCUT2D eigenvalue weighted by atomic mass is 9.44. The van der Waals surface area contributed by atoms with E-state index in [1.165, 1.54) is 31.2 Å². The second-order valence-electron chi connectivity index (χ2n) is 11.2. The van der Waals surface area contributed by atoms with Crippen LogP contribution in [-0.2, 0) is 0 Å². The normalized spacial score (nSPS) is 49.4. The minimum Gasteiger partial charge on any atom is -0.393 e. The molecule has 2 nitrogen and oxygen atoms in total. The second-order valence-corrected chi connectivity index (χ2v) is 11.2. The number of benzene rings is 1. The topological polar surface area (TPSA) is 40.5 Å². The van der Waals surface area contributed by atoms with Crippen LogP contribution in [0.2, 0.25) is 0 Å². The summed E-state index contributed by atoms with van der Waals surface area (Å²) in [5, 5.41) is 22.0. The summed E-state index contributed by atoms with van der Waals surface area (Å²) in [4.78, 5) is 0. The lowest BCUT2D eigenvalue weighted by Gasteiger charge is -2.61. The van der Waals surface area contributed by atoms with E-state index in [1.54, 1.807) is 0 Å². The summed E-state index contributed by atoms with van der Waals surface area (Å²) >= 11 is 0. The predicted octanol–water partition coefficient (Wildman–Crippen LogP) is 5.83. The molecule has 4 aliphatic rings. The standard InChI is InChI=1S/C27H38O2/c1-25-14-11-21(28)18-20(25)8-9-22-23(25)12-15-26(2)24(22)13-17-27(26,29)16-10-19-6-4-3-5-7-19/h3-7,10,16,20-24,28-29H,8-9,11-15,17-18H2,1-2H3. The van der Waals surface area contributed by atoms with E-state index in [1.807, 2.05) is 6.07 Å². The van der Waals surface area contributed by atoms with Crippen molar-refractivity contribution in [1.82, 2.24) is 0 Å². The Morgan fingerprint density at radius 2 is 1.66 bits per heavy atom. The summed E-state index contributed by atoms with van der Waals surface area (Å²) in [6.07, 6.45) is 14.4. The van der Waals surface area contributed by atoms with E-state index in [0.29, 0.717) is 17.3 Å². The Hall–Kier alpha value is -1.12. The van der Waals surface area contributed by atoms with Crippen LogP contribution in [0.5, 0.6) is 0 Å². The Morgan fingerprint density at radius 3 is 2.45 bits per heavy atom. The third-order valence-corrected chi connectivity index (χ3v) is 10.2. The van der Waals surface area contributed by atoms with Crippen molar-refractivity contribution in [3.05, 3.63) is 42.0 Å². The van der Waals surface area contributed by atoms with Gasteiger partial charge in [-0.05, 0) is 92.4 Å². The molecule has 8 atom stereocenters. The van der Waals surface area contributed by atoms with Crippen LogP contribution in [0.25, 0.3) is 6.08 Å². The number of hydrogen-bond acceptors (Lipinski definition) is 2. The van der Waals surface area contributed by atoms with Crippen LogP contribution in [-0.4, -0.2) is 21.9 Å². The minimum atomic E-state index is -0.682. The summed E-state index contributed by atoms with van der Waals surface area (Å²) < 4.78 is 0. The van der Waals surface area contributed by atoms with Gasteiger partial charge < -0.3 is 10.2 Å². The summed E-state index contributed by atoms with van der Waals surface area (Å²) in [6.45, 7) is 4.93. The average molecular weight is 395 g/mol. The number of fused-ring (bicyclic) bond motifs is 5. The highest BCUT2D eigenvalue weighted by molar-refractivity contribution is 5.51. The first kappa shape index (κ1) is 19.8. The molecule has 5 rings (SSSR count). The first-order valence-electron chi connectivity index (χ1n) is 12.0. The number of rotatable bonds is 2. The molecule has 29 heavy (non-hydrogen) atoms. The van der Waals surface area contributed by atoms with Gasteiger partial charge in [0, 0.05) is 5.41 Å². The molecule has 0 bridgehead atoms. The van der Waals surface area contributed by atoms with Crippen LogP contribution >= 0.6 is 0 Å². The zero-order valence-electron chi connectivity index (χ0n) is 18.2. The fourth-order valence-electron chi connectivity index (χ4n) is 8.36. The van der Waals surface area contributed by atoms with E-state index in [0.717, 1.165) is 43.9 Å². The molecule has 0 radical (unpaired) electrons. The van der Waals surface area contributed by atoms with Gasteiger partial charge in [0.1, 0.15) is 0 Å². The quantitative estimate of drug-likeness (QED) is 0.662. The van der Waals surface area contributed by atoms with Crippen molar-refractivity contribution in [2.24, 2.45) is 34.5 Å². The zero-order valence-corrected chi connectivity index (χ0v) is 18.2. The molecule has 0 spiro atoms. The van der Waals surface area contributed by atoms with Crippen molar-refractivity contribution in [3.63, 3.8) is 0 Å². The minimum absolute atomic E-state index is 0.00315. The van der Waals surface area contributed by atoms with Gasteiger partial charge >= 0.3 is 0 Å². The Kier molecular flexibility index (Phi) is 4.75. The highest BCUT2D eigenvalue weighted by atomic mass is 16.3. The molecule has 4 saturated carbocycles. The van der Waals surface area contributed by atoms with E-state index in [9.17, 15) is 10.2 Å². The zero-order chi connectivity index (χ0) is 20.3. The van der Waals surface area contributed by atoms with Gasteiger partial charge in [-0.15, -0.1) is 0 Å². The monoisotopic (exact) mass is 394 g/mol. The fraction of sp³-hybridized carbons (Fsp3) is 0.704. The first-order valence-corrected chi connectivity index (χ1v) is 12.0. The Balaban J connectivity index is 1.40. The van der Waals surface area contributed by atoms with Gasteiger partial charge in [-0.25, -0.2) is 0 Å². The molecule has 0 aromatic heterocycles. The Morgan fingerprint density at radius 1 is 0.897 bits per heavy atom. The Bertz CT molecular complexity index is 772. The molecule has 4 fully saturated rings. The van der Waals surface area contributed by atoms with Gasteiger partial charge in [-0.2, -0.15) is 0 Å². The maximum Gasteiger partial charge on any atom is 0.0887 e. The summed E-state index contributed by atoms with van der Waals surface area (Å²) in [5.74, 6) is 2.88. The van der Waals surface area contributed by atoms with Crippen molar-refractivity contribution >= 4 is 6.08 Å². The van der Waals surface area contributed by atoms with E-state index in [4.69, 9.17) is 0 Å². The molecule has 4 aliphatic carbocycles. The third kappa shape index (κ3) is 2.97. The largest absolute Gasteiger partial charge is 0.393 e. The van der Waals surface area contributed by atoms with Crippen molar-refractivity contribution in [3.8, 4) is 0 Å². The average Bonchev–Trinajstić information content (AvgIpc) is 2.99. The van der Waals surface area contributed by atoms with Gasteiger partial charge in [0.05, 0.1) is 11.7 Å². The van der Waals surface area contributed by atoms with Gasteiger partial charge in [-0.1, -0.05) is 56.3 Å². The van der Waals surface area contributed by atoms with E-state index in [2.05, 4.69) is 50.3 Å². The SMILES string of the molecule is CC12CCC(O)CC1CCC1C2CCC2(C)C1CCC2(O)C=Cc1ccccc1. The third-order valence-electron chi connectivity index (χ3n) is 10.2. The van der Waals surface area contributed by atoms with E-state index < -0.39 is 5.60 Å². The van der Waals surface area contributed by atoms with E-state index in [-0.39, 0.29) is 11.5 Å². The van der Waals surface area contributed by atoms with Gasteiger partial charge in [0.25, 0.3) is 0 Å². The number of hydrogen-bond donors (Lipinski definition) is 2. The van der Waals surface area contributed by atoms with Crippen molar-refractivity contribution in [2.75, 3.05) is 0 Å². The fourth-order valence-corrected chi connectivity index (χ4v) is 8.36. The highest BCUT2D eigenvalue weighted by Gasteiger charge is 2.63. The van der Waals surface area contributed by atoms with Crippen LogP contribution in [0, 0.1) is 34.5 Å². The molecule has 0 amide bonds. The number of aliphatic hydroxyl groups is 2. The maximum absolute atomic E-state index is 11.8. The predicted molar refractivity (Wildman–Crippen MR) is 118 cm³/mol. The van der Waals surface area contributed by atoms with Crippen LogP contribution in [0.4, 0.5) is 0 Å². The molecule has 0 heterocycles. The van der Waals surface area contributed by atoms with Crippen molar-refractivity contribution in [2.45, 2.75) is 83.3 Å². The van der Waals surface area contributed by atoms with E-state index >= 15 is 0 Å². The molecular weight excluding hydrogens is 356 g/mol. The summed E-state index contributed by atoms with van der Waals surface area (Å²) in [7, 11) is 0. The first-order chi connectivity index (χ1) is 13.9. The highest BCUT2D eigenvalue weighted by Crippen LogP contribution is 2.68. The molecule has 2 heteroatoms. The number of aliphatic hydroxyl groups excluding tert-OH is 1. The van der Waals surface area contributed by atoms with Crippen LogP contribution in [0.15, 0.2) is 36.4 Å². The van der Waals surface area contributed by atoms with Crippen LogP contribution < -0.4 is 0 Å². The molecule has 1 aromatic rings. The second kappa shape index (κ2) is 6.95. The van der Waals surface area contributed by atoms with Gasteiger partial charge in [0.15, 0.2) is 0 Å². The molecule has 2 N–H and O–H groups in total. The lowest BCUT2D eigenvalue weighted by Crippen LogP contribution is -2.56. The van der Waals surface area contributed by atoms with Crippen LogP contribution in [0.1, 0.15) is 77.2 Å². The molecule has 0 aliphatic heterocycles. The summed E-state index contributed by atoms with van der Waals surface area (Å²) in [5.41, 5.74) is 0.898. The molecular formula is C27H38O2. The van der Waals surface area contributed by atoms with Crippen molar-refractivity contribution in [1.29, 1.82) is 0 Å². The molecule has 0 saturated heterocycles. The summed E-state index contributed by atoms with van der Waals surface area (Å²) in [6, 6.07) is 10.4. The molecule has 158 valence electrons. The van der Waals surface area contributed by atoms with Gasteiger partial charge in [0.2, 0.25) is 0 Å². The van der Waals surface area contributed by atoms with Gasteiger partial charge in [-0.3, -0.25) is 0 Å². The molecule has 1 aromatic carbocycles. The smallest absolute Gasteiger partial charge is 0.0887 e. The molecule has 8 unspecified atom stereocenters. The Labute approximate surface area is 176 Å². The lowest BCUT2D eigenvalue weighted by molar-refractivity contribution is -0.146.